The molecule has 3 heteroatoms. The lowest BCUT2D eigenvalue weighted by Crippen LogP contribution is -2.33. The van der Waals surface area contributed by atoms with Gasteiger partial charge in [-0.3, -0.25) is 4.79 Å². The van der Waals surface area contributed by atoms with Crippen LogP contribution in [-0.2, 0) is 11.3 Å². The summed E-state index contributed by atoms with van der Waals surface area (Å²) in [4.78, 5) is 14.0. The number of carbonyl (C=O) groups is 1. The number of amides is 1. The quantitative estimate of drug-likeness (QED) is 0.855. The van der Waals surface area contributed by atoms with Crippen LogP contribution in [0.1, 0.15) is 31.9 Å². The largest absolute Gasteiger partial charge is 0.341 e. The van der Waals surface area contributed by atoms with Gasteiger partial charge in [0.05, 0.1) is 6.54 Å². The third kappa shape index (κ3) is 4.71. The van der Waals surface area contributed by atoms with Crippen molar-refractivity contribution in [1.29, 1.82) is 0 Å². The molecule has 1 rings (SSSR count). The Kier molecular flexibility index (Phi) is 6.27. The number of hydrogen-bond donors (Lipinski definition) is 1. The number of benzene rings is 1. The van der Waals surface area contributed by atoms with Gasteiger partial charge in [0.25, 0.3) is 0 Å². The summed E-state index contributed by atoms with van der Waals surface area (Å²) in [5.74, 6) is 6.42. The topological polar surface area (TPSA) is 46.3 Å². The van der Waals surface area contributed by atoms with E-state index in [9.17, 15) is 4.79 Å². The van der Waals surface area contributed by atoms with Crippen molar-refractivity contribution in [2.45, 2.75) is 27.3 Å². The predicted molar refractivity (Wildman–Crippen MR) is 82.9 cm³/mol. The van der Waals surface area contributed by atoms with Crippen LogP contribution in [0.5, 0.6) is 0 Å². The lowest BCUT2D eigenvalue weighted by Gasteiger charge is -2.23. The molecule has 0 heterocycles. The molecule has 0 aliphatic rings. The number of hydrogen-bond acceptors (Lipinski definition) is 2. The molecule has 0 aliphatic heterocycles. The van der Waals surface area contributed by atoms with E-state index in [1.807, 2.05) is 38.2 Å². The van der Waals surface area contributed by atoms with E-state index in [1.54, 1.807) is 4.90 Å². The fourth-order valence-corrected chi connectivity index (χ4v) is 1.89. The average molecular weight is 272 g/mol. The van der Waals surface area contributed by atoms with Gasteiger partial charge in [0.2, 0.25) is 5.91 Å². The van der Waals surface area contributed by atoms with Gasteiger partial charge in [-0.1, -0.05) is 44.7 Å². The van der Waals surface area contributed by atoms with Crippen LogP contribution in [0.15, 0.2) is 24.3 Å². The molecular formula is C17H24N2O. The third-order valence-electron chi connectivity index (χ3n) is 3.45. The molecule has 20 heavy (non-hydrogen) atoms. The molecule has 0 radical (unpaired) electrons. The van der Waals surface area contributed by atoms with Gasteiger partial charge in [0.15, 0.2) is 0 Å². The van der Waals surface area contributed by atoms with Crippen LogP contribution in [0, 0.1) is 23.7 Å². The van der Waals surface area contributed by atoms with Gasteiger partial charge < -0.3 is 10.6 Å². The van der Waals surface area contributed by atoms with E-state index in [1.165, 1.54) is 0 Å². The summed E-state index contributed by atoms with van der Waals surface area (Å²) in [7, 11) is 1.85. The Balaban J connectivity index is 2.75. The summed E-state index contributed by atoms with van der Waals surface area (Å²) in [5, 5.41) is 0. The molecule has 0 saturated carbocycles. The average Bonchev–Trinajstić information content (AvgIpc) is 2.43. The van der Waals surface area contributed by atoms with E-state index in [-0.39, 0.29) is 11.8 Å². The van der Waals surface area contributed by atoms with Crippen molar-refractivity contribution in [3.8, 4) is 11.8 Å². The van der Waals surface area contributed by atoms with Gasteiger partial charge in [0, 0.05) is 25.1 Å². The molecule has 0 aromatic heterocycles. The molecule has 1 atom stereocenters. The Morgan fingerprint density at radius 3 is 2.65 bits per heavy atom. The van der Waals surface area contributed by atoms with Crippen molar-refractivity contribution in [3.63, 3.8) is 0 Å². The summed E-state index contributed by atoms with van der Waals surface area (Å²) < 4.78 is 0. The summed E-state index contributed by atoms with van der Waals surface area (Å²) >= 11 is 0. The third-order valence-corrected chi connectivity index (χ3v) is 3.45. The highest BCUT2D eigenvalue weighted by atomic mass is 16.2. The zero-order chi connectivity index (χ0) is 15.1. The van der Waals surface area contributed by atoms with Crippen LogP contribution < -0.4 is 5.73 Å². The minimum atomic E-state index is 0.0419. The summed E-state index contributed by atoms with van der Waals surface area (Å²) in [6, 6.07) is 7.93. The van der Waals surface area contributed by atoms with Crippen molar-refractivity contribution in [2.24, 2.45) is 17.6 Å². The van der Waals surface area contributed by atoms with Crippen LogP contribution in [0.4, 0.5) is 0 Å². The summed E-state index contributed by atoms with van der Waals surface area (Å²) in [6.45, 7) is 7.08. The van der Waals surface area contributed by atoms with Gasteiger partial charge >= 0.3 is 0 Å². The molecule has 0 fully saturated rings. The second-order valence-corrected chi connectivity index (χ2v) is 5.43. The minimum absolute atomic E-state index is 0.0419. The molecule has 0 spiro atoms. The van der Waals surface area contributed by atoms with Crippen molar-refractivity contribution < 1.29 is 4.79 Å². The Bertz CT molecular complexity index is 511. The van der Waals surface area contributed by atoms with E-state index in [4.69, 9.17) is 5.73 Å². The number of carbonyl (C=O) groups excluding carboxylic acids is 1. The first kappa shape index (κ1) is 16.3. The Hall–Kier alpha value is -1.79. The fraction of sp³-hybridized carbons (Fsp3) is 0.471. The molecule has 1 aromatic carbocycles. The maximum Gasteiger partial charge on any atom is 0.225 e. The van der Waals surface area contributed by atoms with Crippen LogP contribution in [0.25, 0.3) is 0 Å². The molecule has 1 amide bonds. The standard InChI is InChI=1S/C17H24N2O/c1-13(2)14(3)17(20)19(4)12-16-8-5-7-15(11-16)9-6-10-18/h5,7-8,11,13-14H,10,12,18H2,1-4H3. The Morgan fingerprint density at radius 2 is 2.05 bits per heavy atom. The first-order valence-electron chi connectivity index (χ1n) is 6.98. The zero-order valence-electron chi connectivity index (χ0n) is 12.8. The van der Waals surface area contributed by atoms with Crippen LogP contribution in [0.3, 0.4) is 0 Å². The first-order valence-corrected chi connectivity index (χ1v) is 6.98. The van der Waals surface area contributed by atoms with E-state index in [0.717, 1.165) is 11.1 Å². The highest BCUT2D eigenvalue weighted by Crippen LogP contribution is 2.15. The Morgan fingerprint density at radius 1 is 1.35 bits per heavy atom. The molecule has 0 saturated heterocycles. The van der Waals surface area contributed by atoms with Crippen molar-refractivity contribution in [1.82, 2.24) is 4.90 Å². The lowest BCUT2D eigenvalue weighted by molar-refractivity contribution is -0.135. The molecule has 0 aliphatic carbocycles. The second kappa shape index (κ2) is 7.72. The SMILES string of the molecule is CC(C)C(C)C(=O)N(C)Cc1cccc(C#CCN)c1. The van der Waals surface area contributed by atoms with E-state index in [0.29, 0.717) is 19.0 Å². The molecule has 3 nitrogen and oxygen atoms in total. The molecule has 1 aromatic rings. The maximum atomic E-state index is 12.2. The zero-order valence-corrected chi connectivity index (χ0v) is 12.8. The van der Waals surface area contributed by atoms with Gasteiger partial charge in [0.1, 0.15) is 0 Å². The van der Waals surface area contributed by atoms with Crippen molar-refractivity contribution in [2.75, 3.05) is 13.6 Å². The van der Waals surface area contributed by atoms with Gasteiger partial charge in [-0.05, 0) is 23.6 Å². The van der Waals surface area contributed by atoms with Crippen molar-refractivity contribution in [3.05, 3.63) is 35.4 Å². The van der Waals surface area contributed by atoms with Gasteiger partial charge in [-0.2, -0.15) is 0 Å². The maximum absolute atomic E-state index is 12.2. The highest BCUT2D eigenvalue weighted by Gasteiger charge is 2.20. The molecule has 2 N–H and O–H groups in total. The van der Waals surface area contributed by atoms with Gasteiger partial charge in [-0.25, -0.2) is 0 Å². The number of nitrogens with zero attached hydrogens (tertiary/aromatic N) is 1. The predicted octanol–water partition coefficient (Wildman–Crippen LogP) is 2.25. The lowest BCUT2D eigenvalue weighted by atomic mass is 9.96. The van der Waals surface area contributed by atoms with Crippen LogP contribution in [0.2, 0.25) is 0 Å². The smallest absolute Gasteiger partial charge is 0.225 e. The molecular weight excluding hydrogens is 248 g/mol. The second-order valence-electron chi connectivity index (χ2n) is 5.43. The summed E-state index contributed by atoms with van der Waals surface area (Å²) in [5.41, 5.74) is 7.39. The van der Waals surface area contributed by atoms with Gasteiger partial charge in [-0.15, -0.1) is 0 Å². The van der Waals surface area contributed by atoms with E-state index in [2.05, 4.69) is 25.7 Å². The molecule has 108 valence electrons. The molecule has 0 bridgehead atoms. The summed E-state index contributed by atoms with van der Waals surface area (Å²) in [6.07, 6.45) is 0. The van der Waals surface area contributed by atoms with Crippen molar-refractivity contribution >= 4 is 5.91 Å². The van der Waals surface area contributed by atoms with Crippen LogP contribution in [-0.4, -0.2) is 24.4 Å². The molecule has 1 unspecified atom stereocenters. The minimum Gasteiger partial charge on any atom is -0.341 e. The number of rotatable bonds is 4. The van der Waals surface area contributed by atoms with E-state index >= 15 is 0 Å². The first-order chi connectivity index (χ1) is 9.45. The van der Waals surface area contributed by atoms with Crippen LogP contribution >= 0.6 is 0 Å². The fourth-order valence-electron chi connectivity index (χ4n) is 1.89. The normalized spacial score (nSPS) is 11.7. The van der Waals surface area contributed by atoms with E-state index < -0.39 is 0 Å². The number of nitrogens with two attached hydrogens (primary N) is 1. The highest BCUT2D eigenvalue weighted by molar-refractivity contribution is 5.78. The monoisotopic (exact) mass is 272 g/mol. The Labute approximate surface area is 122 Å².